The zero-order valence-electron chi connectivity index (χ0n) is 10.3. The number of carboxylic acids is 1. The van der Waals surface area contributed by atoms with Gasteiger partial charge in [-0.25, -0.2) is 4.79 Å². The van der Waals surface area contributed by atoms with E-state index in [4.69, 9.17) is 15.1 Å². The Hall–Kier alpha value is -2.80. The minimum absolute atomic E-state index is 0.0907. The lowest BCUT2D eigenvalue weighted by Crippen LogP contribution is -2.00. The third-order valence-electron chi connectivity index (χ3n) is 2.56. The van der Waals surface area contributed by atoms with E-state index in [1.807, 2.05) is 13.0 Å². The summed E-state index contributed by atoms with van der Waals surface area (Å²) in [6, 6.07) is 13.4. The quantitative estimate of drug-likeness (QED) is 0.910. The minimum atomic E-state index is -1.05. The Balaban J connectivity index is 2.40. The molecule has 0 aliphatic rings. The first kappa shape index (κ1) is 12.7. The molecule has 0 amide bonds. The SMILES string of the molecule is Cc1ccc(C(=O)O)c(Oc2cccc(C#N)c2)c1. The zero-order chi connectivity index (χ0) is 13.8. The van der Waals surface area contributed by atoms with E-state index in [9.17, 15) is 4.79 Å². The predicted octanol–water partition coefficient (Wildman–Crippen LogP) is 3.36. The van der Waals surface area contributed by atoms with Crippen LogP contribution in [0.3, 0.4) is 0 Å². The van der Waals surface area contributed by atoms with Crippen LogP contribution in [0.15, 0.2) is 42.5 Å². The molecule has 4 nitrogen and oxygen atoms in total. The number of aromatic carboxylic acids is 1. The molecule has 0 radical (unpaired) electrons. The van der Waals surface area contributed by atoms with E-state index in [2.05, 4.69) is 0 Å². The normalized spacial score (nSPS) is 9.68. The molecule has 2 aromatic rings. The van der Waals surface area contributed by atoms with Crippen molar-refractivity contribution >= 4 is 5.97 Å². The molecule has 0 aliphatic carbocycles. The Labute approximate surface area is 110 Å². The Bertz CT molecular complexity index is 671. The fourth-order valence-electron chi connectivity index (χ4n) is 1.65. The second-order valence-corrected chi connectivity index (χ2v) is 4.05. The van der Waals surface area contributed by atoms with Gasteiger partial charge in [0.05, 0.1) is 11.6 Å². The molecule has 19 heavy (non-hydrogen) atoms. The van der Waals surface area contributed by atoms with Crippen molar-refractivity contribution in [2.75, 3.05) is 0 Å². The lowest BCUT2D eigenvalue weighted by atomic mass is 10.1. The van der Waals surface area contributed by atoms with Crippen molar-refractivity contribution in [1.82, 2.24) is 0 Å². The second kappa shape index (κ2) is 5.23. The molecule has 0 bridgehead atoms. The molecular formula is C15H11NO3. The number of carboxylic acid groups (broad SMARTS) is 1. The number of ether oxygens (including phenoxy) is 1. The summed E-state index contributed by atoms with van der Waals surface area (Å²) in [7, 11) is 0. The minimum Gasteiger partial charge on any atom is -0.478 e. The van der Waals surface area contributed by atoms with Crippen LogP contribution >= 0.6 is 0 Å². The highest BCUT2D eigenvalue weighted by Gasteiger charge is 2.12. The highest BCUT2D eigenvalue weighted by Crippen LogP contribution is 2.27. The van der Waals surface area contributed by atoms with Gasteiger partial charge in [-0.15, -0.1) is 0 Å². The van der Waals surface area contributed by atoms with Gasteiger partial charge in [-0.3, -0.25) is 0 Å². The maximum absolute atomic E-state index is 11.1. The lowest BCUT2D eigenvalue weighted by molar-refractivity contribution is 0.0694. The van der Waals surface area contributed by atoms with Gasteiger partial charge < -0.3 is 9.84 Å². The molecule has 4 heteroatoms. The van der Waals surface area contributed by atoms with Crippen molar-refractivity contribution in [2.24, 2.45) is 0 Å². The van der Waals surface area contributed by atoms with Gasteiger partial charge in [0, 0.05) is 0 Å². The summed E-state index contributed by atoms with van der Waals surface area (Å²) in [5.74, 6) is -0.346. The summed E-state index contributed by atoms with van der Waals surface area (Å²) < 4.78 is 5.56. The van der Waals surface area contributed by atoms with E-state index in [1.165, 1.54) is 6.07 Å². The zero-order valence-corrected chi connectivity index (χ0v) is 10.3. The average molecular weight is 253 g/mol. The molecule has 0 aliphatic heterocycles. The number of hydrogen-bond donors (Lipinski definition) is 1. The van der Waals surface area contributed by atoms with Crippen LogP contribution in [0.1, 0.15) is 21.5 Å². The number of benzene rings is 2. The molecule has 1 N–H and O–H groups in total. The summed E-state index contributed by atoms with van der Waals surface area (Å²) in [6.45, 7) is 1.85. The van der Waals surface area contributed by atoms with E-state index in [0.717, 1.165) is 5.56 Å². The van der Waals surface area contributed by atoms with Crippen molar-refractivity contribution in [3.63, 3.8) is 0 Å². The van der Waals surface area contributed by atoms with E-state index < -0.39 is 5.97 Å². The van der Waals surface area contributed by atoms with E-state index in [-0.39, 0.29) is 11.3 Å². The molecule has 0 spiro atoms. The van der Waals surface area contributed by atoms with Gasteiger partial charge in [0.15, 0.2) is 0 Å². The monoisotopic (exact) mass is 253 g/mol. The fourth-order valence-corrected chi connectivity index (χ4v) is 1.65. The third-order valence-corrected chi connectivity index (χ3v) is 2.56. The molecule has 0 heterocycles. The standard InChI is InChI=1S/C15H11NO3/c1-10-5-6-13(15(17)18)14(7-10)19-12-4-2-3-11(8-12)9-16/h2-8H,1H3,(H,17,18). The molecule has 2 aromatic carbocycles. The maximum atomic E-state index is 11.1. The van der Waals surface area contributed by atoms with E-state index in [1.54, 1.807) is 36.4 Å². The molecule has 0 aromatic heterocycles. The summed E-state index contributed by atoms with van der Waals surface area (Å²) >= 11 is 0. The van der Waals surface area contributed by atoms with Gasteiger partial charge in [-0.05, 0) is 42.8 Å². The van der Waals surface area contributed by atoms with Crippen LogP contribution in [-0.4, -0.2) is 11.1 Å². The van der Waals surface area contributed by atoms with Crippen LogP contribution in [0.5, 0.6) is 11.5 Å². The Kier molecular flexibility index (Phi) is 3.48. The van der Waals surface area contributed by atoms with Crippen LogP contribution < -0.4 is 4.74 Å². The Morgan fingerprint density at radius 3 is 2.74 bits per heavy atom. The van der Waals surface area contributed by atoms with Crippen LogP contribution in [0.2, 0.25) is 0 Å². The first-order valence-electron chi connectivity index (χ1n) is 5.62. The number of aryl methyl sites for hydroxylation is 1. The number of rotatable bonds is 3. The van der Waals surface area contributed by atoms with Crippen molar-refractivity contribution in [2.45, 2.75) is 6.92 Å². The van der Waals surface area contributed by atoms with Gasteiger partial charge in [0.1, 0.15) is 17.1 Å². The number of carbonyl (C=O) groups is 1. The van der Waals surface area contributed by atoms with Crippen molar-refractivity contribution in [1.29, 1.82) is 5.26 Å². The molecule has 0 saturated carbocycles. The van der Waals surface area contributed by atoms with Crippen LogP contribution in [0.4, 0.5) is 0 Å². The number of nitriles is 1. The second-order valence-electron chi connectivity index (χ2n) is 4.05. The number of nitrogens with zero attached hydrogens (tertiary/aromatic N) is 1. The van der Waals surface area contributed by atoms with E-state index in [0.29, 0.717) is 11.3 Å². The summed E-state index contributed by atoms with van der Waals surface area (Å²) in [4.78, 5) is 11.1. The van der Waals surface area contributed by atoms with Crippen molar-refractivity contribution < 1.29 is 14.6 Å². The molecule has 0 atom stereocenters. The maximum Gasteiger partial charge on any atom is 0.339 e. The summed E-state index contributed by atoms with van der Waals surface area (Å²) in [5, 5.41) is 17.9. The largest absolute Gasteiger partial charge is 0.478 e. The molecule has 0 fully saturated rings. The number of hydrogen-bond acceptors (Lipinski definition) is 3. The van der Waals surface area contributed by atoms with Gasteiger partial charge in [0.2, 0.25) is 0 Å². The van der Waals surface area contributed by atoms with Gasteiger partial charge in [-0.1, -0.05) is 12.1 Å². The van der Waals surface area contributed by atoms with Gasteiger partial charge >= 0.3 is 5.97 Å². The van der Waals surface area contributed by atoms with Crippen molar-refractivity contribution in [3.8, 4) is 17.6 Å². The smallest absolute Gasteiger partial charge is 0.339 e. The van der Waals surface area contributed by atoms with Crippen LogP contribution in [-0.2, 0) is 0 Å². The molecule has 2 rings (SSSR count). The van der Waals surface area contributed by atoms with E-state index >= 15 is 0 Å². The fraction of sp³-hybridized carbons (Fsp3) is 0.0667. The molecule has 94 valence electrons. The third kappa shape index (κ3) is 2.90. The molecule has 0 unspecified atom stereocenters. The van der Waals surface area contributed by atoms with Gasteiger partial charge in [0.25, 0.3) is 0 Å². The highest BCUT2D eigenvalue weighted by atomic mass is 16.5. The first-order valence-corrected chi connectivity index (χ1v) is 5.62. The summed E-state index contributed by atoms with van der Waals surface area (Å²) in [6.07, 6.45) is 0. The van der Waals surface area contributed by atoms with Crippen molar-refractivity contribution in [3.05, 3.63) is 59.2 Å². The molecule has 0 saturated heterocycles. The van der Waals surface area contributed by atoms with Crippen LogP contribution in [0, 0.1) is 18.3 Å². The predicted molar refractivity (Wildman–Crippen MR) is 69.4 cm³/mol. The Morgan fingerprint density at radius 2 is 2.05 bits per heavy atom. The topological polar surface area (TPSA) is 70.3 Å². The summed E-state index contributed by atoms with van der Waals surface area (Å²) in [5.41, 5.74) is 1.45. The Morgan fingerprint density at radius 1 is 1.26 bits per heavy atom. The average Bonchev–Trinajstić information content (AvgIpc) is 2.38. The highest BCUT2D eigenvalue weighted by molar-refractivity contribution is 5.91. The first-order chi connectivity index (χ1) is 9.10. The molecular weight excluding hydrogens is 242 g/mol. The van der Waals surface area contributed by atoms with Crippen LogP contribution in [0.25, 0.3) is 0 Å². The van der Waals surface area contributed by atoms with Gasteiger partial charge in [-0.2, -0.15) is 5.26 Å². The lowest BCUT2D eigenvalue weighted by Gasteiger charge is -2.09.